The van der Waals surface area contributed by atoms with Crippen molar-refractivity contribution >= 4 is 41.7 Å². The van der Waals surface area contributed by atoms with Gasteiger partial charge in [-0.15, -0.1) is 34.2 Å². The van der Waals surface area contributed by atoms with Gasteiger partial charge in [-0.3, -0.25) is 4.99 Å². The van der Waals surface area contributed by atoms with Gasteiger partial charge >= 0.3 is 0 Å². The van der Waals surface area contributed by atoms with Crippen LogP contribution in [-0.4, -0.2) is 56.3 Å². The largest absolute Gasteiger partial charge is 0.349 e. The van der Waals surface area contributed by atoms with Gasteiger partial charge in [-0.25, -0.2) is 0 Å². The van der Waals surface area contributed by atoms with Crippen molar-refractivity contribution in [2.45, 2.75) is 75.6 Å². The van der Waals surface area contributed by atoms with Gasteiger partial charge in [-0.1, -0.05) is 25.7 Å². The summed E-state index contributed by atoms with van der Waals surface area (Å²) in [5.41, 5.74) is 0. The van der Waals surface area contributed by atoms with Crippen LogP contribution in [0.25, 0.3) is 0 Å². The summed E-state index contributed by atoms with van der Waals surface area (Å²) in [6.45, 7) is 4.00. The number of nitrogens with one attached hydrogen (secondary N) is 1. The number of hydrogen-bond donors (Lipinski definition) is 1. The van der Waals surface area contributed by atoms with Gasteiger partial charge in [0.1, 0.15) is 5.82 Å². The summed E-state index contributed by atoms with van der Waals surface area (Å²) in [5.74, 6) is 4.45. The molecule has 0 amide bonds. The lowest BCUT2D eigenvalue weighted by Gasteiger charge is -2.45. The average Bonchev–Trinajstić information content (AvgIpc) is 2.90. The van der Waals surface area contributed by atoms with Crippen LogP contribution in [0.4, 0.5) is 0 Å². The molecule has 3 aliphatic rings. The number of halogens is 1. The zero-order chi connectivity index (χ0) is 17.8. The fourth-order valence-corrected chi connectivity index (χ4v) is 6.26. The third-order valence-electron chi connectivity index (χ3n) is 6.12. The van der Waals surface area contributed by atoms with Crippen LogP contribution in [0.2, 0.25) is 0 Å². The van der Waals surface area contributed by atoms with Crippen molar-refractivity contribution in [2.75, 3.05) is 25.9 Å². The molecule has 0 unspecified atom stereocenters. The molecule has 152 valence electrons. The van der Waals surface area contributed by atoms with E-state index in [1.165, 1.54) is 57.1 Å². The molecule has 0 atom stereocenters. The standard InChI is InChI=1S/C19H32N6S.HI/c1-20-18(24-12-13-26-19(15-24)9-5-3-6-10-19)21-14-17-23-22-16-8-4-2-7-11-25(16)17;/h2-15H2,1H3,(H,20,21);1H. The fourth-order valence-electron chi connectivity index (χ4n) is 4.69. The van der Waals surface area contributed by atoms with E-state index < -0.39 is 0 Å². The van der Waals surface area contributed by atoms with Crippen molar-refractivity contribution in [1.29, 1.82) is 0 Å². The SMILES string of the molecule is CN=C(NCc1nnc2n1CCCCC2)N1CCSC2(CCCCC2)C1.I. The summed E-state index contributed by atoms with van der Waals surface area (Å²) in [5, 5.41) is 12.4. The van der Waals surface area contributed by atoms with Crippen molar-refractivity contribution in [1.82, 2.24) is 25.0 Å². The number of aromatic nitrogens is 3. The van der Waals surface area contributed by atoms with Crippen LogP contribution in [-0.2, 0) is 19.5 Å². The number of nitrogens with zero attached hydrogens (tertiary/aromatic N) is 5. The number of thioether (sulfide) groups is 1. The summed E-state index contributed by atoms with van der Waals surface area (Å²) < 4.78 is 2.78. The first-order valence-corrected chi connectivity index (χ1v) is 11.3. The zero-order valence-electron chi connectivity index (χ0n) is 16.5. The smallest absolute Gasteiger partial charge is 0.194 e. The second kappa shape index (κ2) is 9.80. The molecule has 6 nitrogen and oxygen atoms in total. The molecule has 1 saturated carbocycles. The third-order valence-corrected chi connectivity index (χ3v) is 7.65. The Hall–Kier alpha value is -0.510. The molecule has 0 aromatic carbocycles. The number of aryl methyl sites for hydroxylation is 1. The van der Waals surface area contributed by atoms with Gasteiger partial charge < -0.3 is 14.8 Å². The van der Waals surface area contributed by atoms with Gasteiger partial charge in [-0.2, -0.15) is 11.8 Å². The highest BCUT2D eigenvalue weighted by Gasteiger charge is 2.38. The Bertz CT molecular complexity index is 635. The van der Waals surface area contributed by atoms with Crippen molar-refractivity contribution in [3.05, 3.63) is 11.6 Å². The Morgan fingerprint density at radius 3 is 2.74 bits per heavy atom. The first-order chi connectivity index (χ1) is 12.8. The highest BCUT2D eigenvalue weighted by Crippen LogP contribution is 2.42. The predicted octanol–water partition coefficient (Wildman–Crippen LogP) is 3.45. The minimum absolute atomic E-state index is 0. The topological polar surface area (TPSA) is 58.3 Å². The summed E-state index contributed by atoms with van der Waals surface area (Å²) in [6.07, 6.45) is 11.7. The number of hydrogen-bond acceptors (Lipinski definition) is 4. The minimum atomic E-state index is 0. The lowest BCUT2D eigenvalue weighted by atomic mass is 9.87. The zero-order valence-corrected chi connectivity index (χ0v) is 19.6. The molecule has 27 heavy (non-hydrogen) atoms. The van der Waals surface area contributed by atoms with Crippen LogP contribution in [0.3, 0.4) is 0 Å². The first-order valence-electron chi connectivity index (χ1n) is 10.3. The van der Waals surface area contributed by atoms with Crippen LogP contribution in [0.1, 0.15) is 63.0 Å². The van der Waals surface area contributed by atoms with E-state index in [2.05, 4.69) is 41.7 Å². The fraction of sp³-hybridized carbons (Fsp3) is 0.842. The molecule has 0 bridgehead atoms. The van der Waals surface area contributed by atoms with Gasteiger partial charge in [0.2, 0.25) is 0 Å². The minimum Gasteiger partial charge on any atom is -0.349 e. The van der Waals surface area contributed by atoms with E-state index >= 15 is 0 Å². The van der Waals surface area contributed by atoms with Crippen LogP contribution in [0.5, 0.6) is 0 Å². The van der Waals surface area contributed by atoms with Crippen LogP contribution in [0, 0.1) is 0 Å². The van der Waals surface area contributed by atoms with Gasteiger partial charge in [0.15, 0.2) is 11.8 Å². The van der Waals surface area contributed by atoms with Crippen molar-refractivity contribution in [2.24, 2.45) is 4.99 Å². The van der Waals surface area contributed by atoms with E-state index in [1.807, 2.05) is 7.05 Å². The Morgan fingerprint density at radius 1 is 1.11 bits per heavy atom. The monoisotopic (exact) mass is 504 g/mol. The lowest BCUT2D eigenvalue weighted by molar-refractivity contribution is 0.293. The molecule has 8 heteroatoms. The van der Waals surface area contributed by atoms with Gasteiger partial charge in [0.05, 0.1) is 6.54 Å². The van der Waals surface area contributed by atoms with E-state index in [1.54, 1.807) is 0 Å². The molecule has 1 spiro atoms. The molecule has 1 saturated heterocycles. The normalized spacial score (nSPS) is 22.7. The van der Waals surface area contributed by atoms with Crippen LogP contribution in [0.15, 0.2) is 4.99 Å². The molecular formula is C19H33IN6S. The molecule has 4 rings (SSSR count). The third kappa shape index (κ3) is 4.92. The van der Waals surface area contributed by atoms with E-state index in [-0.39, 0.29) is 24.0 Å². The summed E-state index contributed by atoms with van der Waals surface area (Å²) in [4.78, 5) is 7.06. The maximum atomic E-state index is 4.58. The summed E-state index contributed by atoms with van der Waals surface area (Å²) in [6, 6.07) is 0. The Kier molecular flexibility index (Phi) is 7.70. The molecule has 0 radical (unpaired) electrons. The van der Waals surface area contributed by atoms with Gasteiger partial charge in [-0.05, 0) is 25.7 Å². The molecule has 1 aromatic rings. The molecular weight excluding hydrogens is 471 g/mol. The number of aliphatic imine (C=N–C) groups is 1. The second-order valence-corrected chi connectivity index (χ2v) is 9.47. The maximum absolute atomic E-state index is 4.58. The lowest BCUT2D eigenvalue weighted by Crippen LogP contribution is -2.53. The summed E-state index contributed by atoms with van der Waals surface area (Å²) in [7, 11) is 1.90. The first kappa shape index (κ1) is 21.2. The predicted molar refractivity (Wildman–Crippen MR) is 123 cm³/mol. The second-order valence-electron chi connectivity index (χ2n) is 7.91. The molecule has 1 aromatic heterocycles. The number of rotatable bonds is 2. The average molecular weight is 504 g/mol. The number of fused-ring (bicyclic) bond motifs is 1. The summed E-state index contributed by atoms with van der Waals surface area (Å²) >= 11 is 2.20. The van der Waals surface area contributed by atoms with E-state index in [0.717, 1.165) is 50.2 Å². The Balaban J connectivity index is 0.00000210. The molecule has 2 fully saturated rings. The molecule has 3 heterocycles. The number of guanidine groups is 1. The van der Waals surface area contributed by atoms with Crippen molar-refractivity contribution < 1.29 is 0 Å². The van der Waals surface area contributed by atoms with Crippen molar-refractivity contribution in [3.8, 4) is 0 Å². The van der Waals surface area contributed by atoms with E-state index in [0.29, 0.717) is 4.75 Å². The Morgan fingerprint density at radius 2 is 1.93 bits per heavy atom. The molecule has 1 N–H and O–H groups in total. The van der Waals surface area contributed by atoms with Gasteiger partial charge in [0, 0.05) is 43.6 Å². The highest BCUT2D eigenvalue weighted by molar-refractivity contribution is 14.0. The van der Waals surface area contributed by atoms with E-state index in [9.17, 15) is 0 Å². The molecule has 1 aliphatic carbocycles. The van der Waals surface area contributed by atoms with Crippen LogP contribution < -0.4 is 5.32 Å². The maximum Gasteiger partial charge on any atom is 0.194 e. The molecule has 2 aliphatic heterocycles. The quantitative estimate of drug-likeness (QED) is 0.380. The highest BCUT2D eigenvalue weighted by atomic mass is 127. The van der Waals surface area contributed by atoms with Crippen LogP contribution >= 0.6 is 35.7 Å². The van der Waals surface area contributed by atoms with Crippen molar-refractivity contribution in [3.63, 3.8) is 0 Å². The van der Waals surface area contributed by atoms with E-state index in [4.69, 9.17) is 0 Å². The van der Waals surface area contributed by atoms with Gasteiger partial charge in [0.25, 0.3) is 0 Å². The Labute approximate surface area is 184 Å².